The van der Waals surface area contributed by atoms with Crippen molar-refractivity contribution in [3.63, 3.8) is 0 Å². The van der Waals surface area contributed by atoms with Crippen molar-refractivity contribution in [1.82, 2.24) is 34.4 Å². The molecule has 0 amide bonds. The monoisotopic (exact) mass is 408 g/mol. The Hall–Kier alpha value is -3.33. The number of hydrogen-bond acceptors (Lipinski definition) is 6. The molecule has 1 N–H and O–H groups in total. The van der Waals surface area contributed by atoms with Crippen LogP contribution in [-0.4, -0.2) is 54.1 Å². The van der Waals surface area contributed by atoms with E-state index in [4.69, 9.17) is 0 Å². The minimum absolute atomic E-state index is 0.259. The Bertz CT molecular complexity index is 1120. The number of nitrogens with zero attached hydrogens (tertiary/aromatic N) is 7. The predicted octanol–water partition coefficient (Wildman–Crippen LogP) is 3.30. The zero-order valence-corrected chi connectivity index (χ0v) is 17.2. The minimum Gasteiger partial charge on any atom is -0.321 e. The smallest absolute Gasteiger partial charge is 0.229 e. The molecule has 0 atom stereocenters. The molecule has 0 saturated heterocycles. The molecule has 3 aromatic heterocycles. The van der Waals surface area contributed by atoms with Gasteiger partial charge in [0, 0.05) is 24.5 Å². The van der Waals surface area contributed by atoms with Crippen LogP contribution in [0.15, 0.2) is 49.1 Å². The average Bonchev–Trinajstić information content (AvgIpc) is 3.37. The highest BCUT2D eigenvalue weighted by atomic mass is 19.1. The third-order valence-electron chi connectivity index (χ3n) is 5.08. The lowest BCUT2D eigenvalue weighted by Crippen LogP contribution is -2.27. The molecule has 3 heterocycles. The van der Waals surface area contributed by atoms with Crippen molar-refractivity contribution < 1.29 is 4.39 Å². The lowest BCUT2D eigenvalue weighted by atomic mass is 10.2. The summed E-state index contributed by atoms with van der Waals surface area (Å²) in [6, 6.07) is 6.67. The second-order valence-electron chi connectivity index (χ2n) is 7.01. The Morgan fingerprint density at radius 3 is 2.70 bits per heavy atom. The molecule has 8 nitrogen and oxygen atoms in total. The summed E-state index contributed by atoms with van der Waals surface area (Å²) in [6.07, 6.45) is 7.09. The average molecular weight is 408 g/mol. The summed E-state index contributed by atoms with van der Waals surface area (Å²) in [7, 11) is 0. The van der Waals surface area contributed by atoms with Crippen LogP contribution >= 0.6 is 0 Å². The largest absolute Gasteiger partial charge is 0.321 e. The van der Waals surface area contributed by atoms with Gasteiger partial charge in [0.2, 0.25) is 5.95 Å². The zero-order chi connectivity index (χ0) is 20.9. The van der Waals surface area contributed by atoms with Crippen LogP contribution in [0.25, 0.3) is 11.0 Å². The highest BCUT2D eigenvalue weighted by molar-refractivity contribution is 5.75. The number of anilines is 2. The second kappa shape index (κ2) is 9.00. The molecule has 4 rings (SSSR count). The van der Waals surface area contributed by atoms with Gasteiger partial charge < -0.3 is 10.2 Å². The van der Waals surface area contributed by atoms with Gasteiger partial charge in [0.15, 0.2) is 5.65 Å². The molecule has 0 radical (unpaired) electrons. The van der Waals surface area contributed by atoms with Crippen LogP contribution in [0.2, 0.25) is 0 Å². The summed E-state index contributed by atoms with van der Waals surface area (Å²) < 4.78 is 17.6. The molecule has 4 aromatic rings. The minimum atomic E-state index is -0.259. The van der Waals surface area contributed by atoms with Crippen molar-refractivity contribution in [3.8, 4) is 0 Å². The Kier molecular flexibility index (Phi) is 5.99. The van der Waals surface area contributed by atoms with Crippen LogP contribution in [0.1, 0.15) is 19.4 Å². The van der Waals surface area contributed by atoms with E-state index in [-0.39, 0.29) is 5.82 Å². The van der Waals surface area contributed by atoms with Crippen molar-refractivity contribution in [3.05, 3.63) is 60.4 Å². The normalized spacial score (nSPS) is 11.5. The first kappa shape index (κ1) is 20.0. The van der Waals surface area contributed by atoms with Crippen molar-refractivity contribution in [2.45, 2.75) is 26.9 Å². The fourth-order valence-corrected chi connectivity index (χ4v) is 3.29. The second-order valence-corrected chi connectivity index (χ2v) is 7.01. The summed E-state index contributed by atoms with van der Waals surface area (Å²) >= 11 is 0. The maximum absolute atomic E-state index is 14.0. The van der Waals surface area contributed by atoms with Gasteiger partial charge in [0.05, 0.1) is 36.6 Å². The molecule has 156 valence electrons. The van der Waals surface area contributed by atoms with E-state index in [1.807, 2.05) is 16.9 Å². The summed E-state index contributed by atoms with van der Waals surface area (Å²) in [4.78, 5) is 11.3. The first-order valence-electron chi connectivity index (χ1n) is 10.1. The van der Waals surface area contributed by atoms with Crippen LogP contribution in [0.5, 0.6) is 0 Å². The van der Waals surface area contributed by atoms with E-state index in [1.54, 1.807) is 35.4 Å². The molecule has 0 saturated carbocycles. The maximum Gasteiger partial charge on any atom is 0.229 e. The Labute approximate surface area is 174 Å². The van der Waals surface area contributed by atoms with Gasteiger partial charge >= 0.3 is 0 Å². The summed E-state index contributed by atoms with van der Waals surface area (Å²) in [5.41, 5.74) is 2.02. The number of aromatic nitrogens is 6. The highest BCUT2D eigenvalue weighted by Crippen LogP contribution is 2.18. The van der Waals surface area contributed by atoms with Crippen molar-refractivity contribution >= 4 is 22.7 Å². The quantitative estimate of drug-likeness (QED) is 0.458. The number of fused-ring (bicyclic) bond motifs is 1. The van der Waals surface area contributed by atoms with Gasteiger partial charge in [-0.05, 0) is 19.2 Å². The van der Waals surface area contributed by atoms with Crippen LogP contribution < -0.4 is 5.32 Å². The molecule has 0 unspecified atom stereocenters. The van der Waals surface area contributed by atoms with E-state index in [9.17, 15) is 4.39 Å². The van der Waals surface area contributed by atoms with Gasteiger partial charge in [-0.15, -0.1) is 0 Å². The number of likely N-dealkylation sites (N-methyl/N-ethyl adjacent to an activating group) is 1. The predicted molar refractivity (Wildman–Crippen MR) is 114 cm³/mol. The first-order valence-corrected chi connectivity index (χ1v) is 10.1. The molecule has 0 aliphatic heterocycles. The number of benzene rings is 1. The van der Waals surface area contributed by atoms with E-state index < -0.39 is 0 Å². The van der Waals surface area contributed by atoms with Gasteiger partial charge in [-0.25, -0.2) is 14.1 Å². The summed E-state index contributed by atoms with van der Waals surface area (Å²) in [6.45, 7) is 8.43. The number of nitrogens with one attached hydrogen (secondary N) is 1. The fourth-order valence-electron chi connectivity index (χ4n) is 3.29. The number of halogens is 1. The van der Waals surface area contributed by atoms with Gasteiger partial charge in [0.1, 0.15) is 5.82 Å². The third kappa shape index (κ3) is 4.46. The Morgan fingerprint density at radius 2 is 1.90 bits per heavy atom. The van der Waals surface area contributed by atoms with Crippen molar-refractivity contribution in [2.24, 2.45) is 0 Å². The summed E-state index contributed by atoms with van der Waals surface area (Å²) in [5, 5.41) is 12.7. The molecular weight excluding hydrogens is 383 g/mol. The highest BCUT2D eigenvalue weighted by Gasteiger charge is 2.10. The molecular formula is C21H25FN8. The Morgan fingerprint density at radius 1 is 1.07 bits per heavy atom. The third-order valence-corrected chi connectivity index (χ3v) is 5.08. The van der Waals surface area contributed by atoms with Crippen LogP contribution in [-0.2, 0) is 13.1 Å². The van der Waals surface area contributed by atoms with E-state index >= 15 is 0 Å². The van der Waals surface area contributed by atoms with Gasteiger partial charge in [0.25, 0.3) is 0 Å². The molecule has 1 aromatic carbocycles. The zero-order valence-electron chi connectivity index (χ0n) is 17.2. The van der Waals surface area contributed by atoms with Crippen LogP contribution in [0, 0.1) is 5.82 Å². The van der Waals surface area contributed by atoms with Crippen LogP contribution in [0.3, 0.4) is 0 Å². The first-order chi connectivity index (χ1) is 14.7. The van der Waals surface area contributed by atoms with Crippen molar-refractivity contribution in [2.75, 3.05) is 25.0 Å². The topological polar surface area (TPSA) is 76.7 Å². The van der Waals surface area contributed by atoms with Gasteiger partial charge in [-0.2, -0.15) is 15.2 Å². The molecule has 0 aliphatic carbocycles. The van der Waals surface area contributed by atoms with Crippen LogP contribution in [0.4, 0.5) is 16.0 Å². The standard InChI is InChI=1S/C21H25FN8/c1-3-28(4-2)9-10-29-15-18(13-24-29)26-21-23-11-17-12-25-30(20(17)27-21)14-16-7-5-6-8-19(16)22/h5-8,11-13,15H,3-4,9-10,14H2,1-2H3,(H,23,26,27). The molecule has 30 heavy (non-hydrogen) atoms. The number of hydrogen-bond donors (Lipinski definition) is 1. The SMILES string of the molecule is CCN(CC)CCn1cc(Nc2ncc3cnn(Cc4ccccc4F)c3n2)cn1. The van der Waals surface area contributed by atoms with E-state index in [2.05, 4.69) is 44.2 Å². The fraction of sp³-hybridized carbons (Fsp3) is 0.333. The van der Waals surface area contributed by atoms with Crippen molar-refractivity contribution in [1.29, 1.82) is 0 Å². The van der Waals surface area contributed by atoms with Gasteiger partial charge in [-0.1, -0.05) is 32.0 Å². The summed E-state index contributed by atoms with van der Waals surface area (Å²) in [5.74, 6) is 0.187. The molecule has 9 heteroatoms. The lowest BCUT2D eigenvalue weighted by molar-refractivity contribution is 0.285. The lowest BCUT2D eigenvalue weighted by Gasteiger charge is -2.17. The maximum atomic E-state index is 14.0. The Balaban J connectivity index is 1.48. The molecule has 0 fully saturated rings. The van der Waals surface area contributed by atoms with E-state index in [1.165, 1.54) is 6.07 Å². The molecule has 0 spiro atoms. The van der Waals surface area contributed by atoms with Gasteiger partial charge in [-0.3, -0.25) is 4.68 Å². The molecule has 0 aliphatic rings. The van der Waals surface area contributed by atoms with E-state index in [0.717, 1.165) is 37.3 Å². The molecule has 0 bridgehead atoms. The number of rotatable bonds is 9. The van der Waals surface area contributed by atoms with E-state index in [0.29, 0.717) is 23.7 Å².